The molecule has 0 fully saturated rings. The number of carbonyl (C=O) groups is 1. The Balaban J connectivity index is 3.51. The van der Waals surface area contributed by atoms with Crippen molar-refractivity contribution >= 4 is 5.91 Å². The van der Waals surface area contributed by atoms with Crippen molar-refractivity contribution in [3.63, 3.8) is 0 Å². The lowest BCUT2D eigenvalue weighted by Gasteiger charge is -2.15. The van der Waals surface area contributed by atoms with Crippen molar-refractivity contribution in [2.75, 3.05) is 33.7 Å². The summed E-state index contributed by atoms with van der Waals surface area (Å²) in [5.74, 6) is 0.0885. The number of carbonyl (C=O) groups excluding carboxylic acids is 1. The van der Waals surface area contributed by atoms with Crippen LogP contribution in [0.2, 0.25) is 0 Å². The monoisotopic (exact) mass is 201 g/mol. The van der Waals surface area contributed by atoms with Crippen LogP contribution in [0.4, 0.5) is 0 Å². The molecule has 0 aliphatic heterocycles. The Morgan fingerprint density at radius 3 is 2.50 bits per heavy atom. The van der Waals surface area contributed by atoms with Gasteiger partial charge in [0.05, 0.1) is 6.04 Å². The Morgan fingerprint density at radius 2 is 2.00 bits per heavy atom. The van der Waals surface area contributed by atoms with Gasteiger partial charge in [0.1, 0.15) is 0 Å². The molecule has 0 rings (SSSR count). The molecule has 14 heavy (non-hydrogen) atoms. The fourth-order valence-electron chi connectivity index (χ4n) is 0.999. The van der Waals surface area contributed by atoms with E-state index in [0.29, 0.717) is 0 Å². The molecule has 4 heteroatoms. The predicted octanol–water partition coefficient (Wildman–Crippen LogP) is 0.0523. The topological polar surface area (TPSA) is 44.4 Å². The average molecular weight is 201 g/mol. The van der Waals surface area contributed by atoms with Gasteiger partial charge in [0.25, 0.3) is 0 Å². The Labute approximate surface area is 87.0 Å². The van der Waals surface area contributed by atoms with Gasteiger partial charge in [-0.15, -0.1) is 0 Å². The minimum Gasteiger partial charge on any atom is -0.355 e. The molecule has 0 saturated carbocycles. The standard InChI is InChI=1S/C10H23N3O/c1-5-6-12-10(14)9(2)11-7-8-13(3)4/h9,11H,5-8H2,1-4H3,(H,12,14). The molecule has 84 valence electrons. The van der Waals surface area contributed by atoms with Crippen LogP contribution in [0.5, 0.6) is 0 Å². The molecule has 1 unspecified atom stereocenters. The summed E-state index contributed by atoms with van der Waals surface area (Å²) >= 11 is 0. The van der Waals surface area contributed by atoms with Gasteiger partial charge >= 0.3 is 0 Å². The Bertz CT molecular complexity index is 159. The Kier molecular flexibility index (Phi) is 7.42. The highest BCUT2D eigenvalue weighted by atomic mass is 16.2. The van der Waals surface area contributed by atoms with Crippen LogP contribution < -0.4 is 10.6 Å². The molecular formula is C10H23N3O. The molecule has 0 aliphatic rings. The molecule has 1 amide bonds. The smallest absolute Gasteiger partial charge is 0.236 e. The number of hydrogen-bond donors (Lipinski definition) is 2. The first-order valence-corrected chi connectivity index (χ1v) is 5.23. The maximum absolute atomic E-state index is 11.4. The number of nitrogens with zero attached hydrogens (tertiary/aromatic N) is 1. The van der Waals surface area contributed by atoms with Crippen molar-refractivity contribution in [1.29, 1.82) is 0 Å². The highest BCUT2D eigenvalue weighted by Gasteiger charge is 2.10. The molecule has 0 aliphatic carbocycles. The Hall–Kier alpha value is -0.610. The van der Waals surface area contributed by atoms with E-state index in [1.54, 1.807) is 0 Å². The zero-order chi connectivity index (χ0) is 11.0. The summed E-state index contributed by atoms with van der Waals surface area (Å²) in [5, 5.41) is 6.02. The minimum absolute atomic E-state index is 0.0885. The van der Waals surface area contributed by atoms with Gasteiger partial charge in [0.15, 0.2) is 0 Å². The molecule has 0 saturated heterocycles. The highest BCUT2D eigenvalue weighted by Crippen LogP contribution is 1.83. The van der Waals surface area contributed by atoms with Gasteiger partial charge in [-0.3, -0.25) is 4.79 Å². The van der Waals surface area contributed by atoms with Crippen LogP contribution in [0.3, 0.4) is 0 Å². The van der Waals surface area contributed by atoms with Crippen molar-refractivity contribution in [2.24, 2.45) is 0 Å². The highest BCUT2D eigenvalue weighted by molar-refractivity contribution is 5.81. The number of hydrogen-bond acceptors (Lipinski definition) is 3. The van der Waals surface area contributed by atoms with E-state index in [9.17, 15) is 4.79 Å². The van der Waals surface area contributed by atoms with E-state index in [4.69, 9.17) is 0 Å². The van der Waals surface area contributed by atoms with Gasteiger partial charge < -0.3 is 15.5 Å². The summed E-state index contributed by atoms with van der Waals surface area (Å²) in [5.41, 5.74) is 0. The van der Waals surface area contributed by atoms with Crippen LogP contribution >= 0.6 is 0 Å². The zero-order valence-corrected chi connectivity index (χ0v) is 9.76. The molecule has 4 nitrogen and oxygen atoms in total. The van der Waals surface area contributed by atoms with Crippen molar-refractivity contribution in [3.8, 4) is 0 Å². The van der Waals surface area contributed by atoms with E-state index in [2.05, 4.69) is 15.5 Å². The van der Waals surface area contributed by atoms with Crippen molar-refractivity contribution in [1.82, 2.24) is 15.5 Å². The largest absolute Gasteiger partial charge is 0.355 e. The molecule has 0 radical (unpaired) electrons. The molecule has 2 N–H and O–H groups in total. The number of likely N-dealkylation sites (N-methyl/N-ethyl adjacent to an activating group) is 1. The lowest BCUT2D eigenvalue weighted by molar-refractivity contribution is -0.122. The fraction of sp³-hybridized carbons (Fsp3) is 0.900. The van der Waals surface area contributed by atoms with Crippen LogP contribution in [0.25, 0.3) is 0 Å². The molecule has 1 atom stereocenters. The van der Waals surface area contributed by atoms with Gasteiger partial charge in [-0.05, 0) is 27.4 Å². The molecule has 0 spiro atoms. The second kappa shape index (κ2) is 7.76. The maximum Gasteiger partial charge on any atom is 0.236 e. The molecule has 0 aromatic heterocycles. The number of nitrogens with one attached hydrogen (secondary N) is 2. The average Bonchev–Trinajstić information content (AvgIpc) is 2.13. The quantitative estimate of drug-likeness (QED) is 0.612. The van der Waals surface area contributed by atoms with Gasteiger partial charge in [-0.2, -0.15) is 0 Å². The summed E-state index contributed by atoms with van der Waals surface area (Å²) in [6.45, 7) is 6.49. The molecular weight excluding hydrogens is 178 g/mol. The Morgan fingerprint density at radius 1 is 1.36 bits per heavy atom. The fourth-order valence-corrected chi connectivity index (χ4v) is 0.999. The second-order valence-electron chi connectivity index (χ2n) is 3.77. The third-order valence-electron chi connectivity index (χ3n) is 1.95. The molecule has 0 heterocycles. The van der Waals surface area contributed by atoms with Gasteiger partial charge in [0, 0.05) is 19.6 Å². The third kappa shape index (κ3) is 6.86. The van der Waals surface area contributed by atoms with Crippen molar-refractivity contribution in [3.05, 3.63) is 0 Å². The summed E-state index contributed by atoms with van der Waals surface area (Å²) in [6, 6.07) is -0.0958. The first-order chi connectivity index (χ1) is 6.57. The van der Waals surface area contributed by atoms with E-state index in [1.165, 1.54) is 0 Å². The van der Waals surface area contributed by atoms with Crippen molar-refractivity contribution < 1.29 is 4.79 Å². The first kappa shape index (κ1) is 13.4. The summed E-state index contributed by atoms with van der Waals surface area (Å²) in [6.07, 6.45) is 0.982. The van der Waals surface area contributed by atoms with E-state index in [-0.39, 0.29) is 11.9 Å². The van der Waals surface area contributed by atoms with Gasteiger partial charge in [-0.1, -0.05) is 6.92 Å². The summed E-state index contributed by atoms with van der Waals surface area (Å²) in [4.78, 5) is 13.5. The molecule has 0 aromatic rings. The van der Waals surface area contributed by atoms with E-state index < -0.39 is 0 Å². The molecule has 0 aromatic carbocycles. The SMILES string of the molecule is CCCNC(=O)C(C)NCCN(C)C. The lowest BCUT2D eigenvalue weighted by Crippen LogP contribution is -2.44. The van der Waals surface area contributed by atoms with E-state index in [1.807, 2.05) is 27.9 Å². The lowest BCUT2D eigenvalue weighted by atomic mass is 10.3. The van der Waals surface area contributed by atoms with Gasteiger partial charge in [-0.25, -0.2) is 0 Å². The normalized spacial score (nSPS) is 12.9. The summed E-state index contributed by atoms with van der Waals surface area (Å²) in [7, 11) is 4.03. The predicted molar refractivity (Wildman–Crippen MR) is 59.3 cm³/mol. The van der Waals surface area contributed by atoms with Crippen LogP contribution in [0.15, 0.2) is 0 Å². The second-order valence-corrected chi connectivity index (χ2v) is 3.77. The molecule has 0 bridgehead atoms. The zero-order valence-electron chi connectivity index (χ0n) is 9.76. The van der Waals surface area contributed by atoms with E-state index >= 15 is 0 Å². The summed E-state index contributed by atoms with van der Waals surface area (Å²) < 4.78 is 0. The van der Waals surface area contributed by atoms with Crippen LogP contribution in [0, 0.1) is 0 Å². The van der Waals surface area contributed by atoms with Crippen LogP contribution in [0.1, 0.15) is 20.3 Å². The van der Waals surface area contributed by atoms with Crippen molar-refractivity contribution in [2.45, 2.75) is 26.3 Å². The van der Waals surface area contributed by atoms with E-state index in [0.717, 1.165) is 26.1 Å². The minimum atomic E-state index is -0.0958. The number of rotatable bonds is 7. The maximum atomic E-state index is 11.4. The van der Waals surface area contributed by atoms with Crippen LogP contribution in [-0.4, -0.2) is 50.6 Å². The third-order valence-corrected chi connectivity index (χ3v) is 1.95. The first-order valence-electron chi connectivity index (χ1n) is 5.23. The van der Waals surface area contributed by atoms with Crippen LogP contribution in [-0.2, 0) is 4.79 Å². The van der Waals surface area contributed by atoms with Gasteiger partial charge in [0.2, 0.25) is 5.91 Å². The number of amides is 1.